The van der Waals surface area contributed by atoms with Crippen LogP contribution in [0.4, 0.5) is 11.5 Å². The lowest BCUT2D eigenvalue weighted by atomic mass is 9.96. The summed E-state index contributed by atoms with van der Waals surface area (Å²) in [6.07, 6.45) is 2.90. The molecule has 0 spiro atoms. The van der Waals surface area contributed by atoms with Gasteiger partial charge in [-0.25, -0.2) is 0 Å². The maximum absolute atomic E-state index is 12.9. The lowest BCUT2D eigenvalue weighted by Crippen LogP contribution is -2.57. The number of halogens is 1. The van der Waals surface area contributed by atoms with Gasteiger partial charge < -0.3 is 14.3 Å². The van der Waals surface area contributed by atoms with E-state index in [0.717, 1.165) is 35.4 Å². The molecule has 1 saturated heterocycles. The molecule has 0 radical (unpaired) electrons. The molecule has 0 bridgehead atoms. The van der Waals surface area contributed by atoms with Crippen LogP contribution in [0.25, 0.3) is 15.9 Å². The summed E-state index contributed by atoms with van der Waals surface area (Å²) in [6.45, 7) is 15.4. The van der Waals surface area contributed by atoms with Crippen LogP contribution in [0, 0.1) is 6.57 Å². The molecule has 0 aliphatic carbocycles. The van der Waals surface area contributed by atoms with Gasteiger partial charge in [0, 0.05) is 49.5 Å². The SMILES string of the molecule is [C-]#[N+]c1ccc2c(n1)c(N1C[C@@H](C)N(C(c3cccc(Cl)c3)c3ccc(CC)cn3)C[C@@H]1C)cc(=O)n2C. The van der Waals surface area contributed by atoms with Gasteiger partial charge >= 0.3 is 0 Å². The van der Waals surface area contributed by atoms with Gasteiger partial charge in [0.1, 0.15) is 0 Å². The quantitative estimate of drug-likeness (QED) is 0.308. The molecule has 1 aromatic carbocycles. The van der Waals surface area contributed by atoms with E-state index in [-0.39, 0.29) is 23.7 Å². The zero-order valence-corrected chi connectivity index (χ0v) is 22.9. The van der Waals surface area contributed by atoms with E-state index in [4.69, 9.17) is 23.2 Å². The molecule has 0 saturated carbocycles. The zero-order chi connectivity index (χ0) is 27.0. The van der Waals surface area contributed by atoms with Crippen LogP contribution in [0.5, 0.6) is 0 Å². The van der Waals surface area contributed by atoms with Crippen molar-refractivity contribution in [2.24, 2.45) is 7.05 Å². The largest absolute Gasteiger partial charge is 0.362 e. The molecule has 4 heterocycles. The van der Waals surface area contributed by atoms with E-state index in [0.29, 0.717) is 22.9 Å². The van der Waals surface area contributed by atoms with E-state index in [1.165, 1.54) is 5.56 Å². The van der Waals surface area contributed by atoms with E-state index >= 15 is 0 Å². The Morgan fingerprint density at radius 3 is 2.61 bits per heavy atom. The molecule has 3 aromatic heterocycles. The molecule has 5 rings (SSSR count). The minimum atomic E-state index is -0.0934. The van der Waals surface area contributed by atoms with Crippen molar-refractivity contribution in [1.29, 1.82) is 0 Å². The Hall–Kier alpha value is -3.73. The van der Waals surface area contributed by atoms with Gasteiger partial charge in [-0.1, -0.05) is 43.3 Å². The van der Waals surface area contributed by atoms with Crippen LogP contribution in [0.3, 0.4) is 0 Å². The van der Waals surface area contributed by atoms with E-state index < -0.39 is 0 Å². The molecule has 1 aliphatic heterocycles. The van der Waals surface area contributed by atoms with Gasteiger partial charge in [0.2, 0.25) is 5.52 Å². The molecule has 7 nitrogen and oxygen atoms in total. The number of anilines is 1. The zero-order valence-electron chi connectivity index (χ0n) is 22.1. The first-order valence-electron chi connectivity index (χ1n) is 12.9. The van der Waals surface area contributed by atoms with Gasteiger partial charge in [-0.15, -0.1) is 4.98 Å². The molecule has 38 heavy (non-hydrogen) atoms. The fourth-order valence-electron chi connectivity index (χ4n) is 5.45. The fourth-order valence-corrected chi connectivity index (χ4v) is 5.65. The summed E-state index contributed by atoms with van der Waals surface area (Å²) in [5.41, 5.74) is 5.37. The van der Waals surface area contributed by atoms with E-state index in [1.54, 1.807) is 23.7 Å². The van der Waals surface area contributed by atoms with Crippen molar-refractivity contribution in [3.8, 4) is 0 Å². The molecular formula is C30H31ClN6O. The number of nitrogens with zero attached hydrogens (tertiary/aromatic N) is 6. The highest BCUT2D eigenvalue weighted by atomic mass is 35.5. The third kappa shape index (κ3) is 4.78. The van der Waals surface area contributed by atoms with Crippen LogP contribution in [0.1, 0.15) is 43.6 Å². The molecule has 194 valence electrons. The van der Waals surface area contributed by atoms with Gasteiger partial charge in [0.05, 0.1) is 22.9 Å². The standard InChI is InChI=1S/C30H31ClN6O/c1-6-21-10-11-24(33-16-21)30(22-8-7-9-23(31)14-22)37-18-19(2)36(17-20(37)3)26-15-28(38)35(5)25-12-13-27(32-4)34-29(25)26/h7-16,19-20,30H,6,17-18H2,1-3,5H3/t19-,20+,30?/m0/s1. The van der Waals surface area contributed by atoms with Crippen LogP contribution >= 0.6 is 11.6 Å². The molecule has 1 unspecified atom stereocenters. The van der Waals surface area contributed by atoms with Crippen LogP contribution in [0.2, 0.25) is 5.02 Å². The Balaban J connectivity index is 1.55. The molecule has 1 aliphatic rings. The Kier molecular flexibility index (Phi) is 7.20. The highest BCUT2D eigenvalue weighted by Crippen LogP contribution is 2.36. The van der Waals surface area contributed by atoms with E-state index in [9.17, 15) is 4.79 Å². The number of benzene rings is 1. The van der Waals surface area contributed by atoms with Crippen molar-refractivity contribution in [1.82, 2.24) is 19.4 Å². The van der Waals surface area contributed by atoms with Crippen LogP contribution in [0.15, 0.2) is 65.6 Å². The number of fused-ring (bicyclic) bond motifs is 1. The lowest BCUT2D eigenvalue weighted by molar-refractivity contribution is 0.128. The second kappa shape index (κ2) is 10.6. The highest BCUT2D eigenvalue weighted by Gasteiger charge is 2.37. The Bertz CT molecular complexity index is 1570. The van der Waals surface area contributed by atoms with Gasteiger partial charge in [0.25, 0.3) is 11.4 Å². The Morgan fingerprint density at radius 2 is 1.92 bits per heavy atom. The number of hydrogen-bond donors (Lipinski definition) is 0. The van der Waals surface area contributed by atoms with Crippen molar-refractivity contribution in [2.45, 2.75) is 45.3 Å². The lowest BCUT2D eigenvalue weighted by Gasteiger charge is -2.48. The van der Waals surface area contributed by atoms with Gasteiger partial charge in [-0.3, -0.25) is 14.7 Å². The first-order chi connectivity index (χ1) is 18.3. The second-order valence-corrected chi connectivity index (χ2v) is 10.5. The summed E-state index contributed by atoms with van der Waals surface area (Å²) in [5, 5.41) is 0.699. The molecule has 0 amide bonds. The average Bonchev–Trinajstić information content (AvgIpc) is 2.93. The number of hydrogen-bond acceptors (Lipinski definition) is 5. The molecule has 8 heteroatoms. The third-order valence-corrected chi connectivity index (χ3v) is 7.78. The number of piperazine rings is 1. The first-order valence-corrected chi connectivity index (χ1v) is 13.3. The predicted molar refractivity (Wildman–Crippen MR) is 153 cm³/mol. The minimum Gasteiger partial charge on any atom is -0.362 e. The average molecular weight is 527 g/mol. The summed E-state index contributed by atoms with van der Waals surface area (Å²) in [6, 6.07) is 17.6. The normalized spacial score (nSPS) is 18.9. The smallest absolute Gasteiger partial charge is 0.270 e. The summed E-state index contributed by atoms with van der Waals surface area (Å²) in [7, 11) is 1.74. The Morgan fingerprint density at radius 1 is 1.11 bits per heavy atom. The monoisotopic (exact) mass is 526 g/mol. The number of pyridine rings is 3. The number of rotatable bonds is 5. The van der Waals surface area contributed by atoms with Crippen molar-refractivity contribution in [3.63, 3.8) is 0 Å². The summed E-state index contributed by atoms with van der Waals surface area (Å²) in [5.74, 6) is 0.319. The first kappa shape index (κ1) is 25.9. The molecule has 4 aromatic rings. The van der Waals surface area contributed by atoms with Crippen molar-refractivity contribution >= 4 is 34.1 Å². The summed E-state index contributed by atoms with van der Waals surface area (Å²) >= 11 is 6.43. The Labute approximate surface area is 228 Å². The molecule has 0 N–H and O–H groups in total. The maximum Gasteiger partial charge on any atom is 0.270 e. The van der Waals surface area contributed by atoms with Gasteiger partial charge in [-0.2, -0.15) is 0 Å². The van der Waals surface area contributed by atoms with E-state index in [2.05, 4.69) is 58.6 Å². The van der Waals surface area contributed by atoms with Gasteiger partial charge in [0.15, 0.2) is 0 Å². The maximum atomic E-state index is 12.9. The summed E-state index contributed by atoms with van der Waals surface area (Å²) in [4.78, 5) is 30.6. The number of aryl methyl sites for hydroxylation is 2. The molecular weight excluding hydrogens is 496 g/mol. The van der Waals surface area contributed by atoms with Crippen molar-refractivity contribution in [3.05, 3.63) is 104 Å². The van der Waals surface area contributed by atoms with E-state index in [1.807, 2.05) is 30.5 Å². The van der Waals surface area contributed by atoms with Crippen LogP contribution in [-0.4, -0.2) is 44.6 Å². The fraction of sp³-hybridized carbons (Fsp3) is 0.333. The van der Waals surface area contributed by atoms with Crippen LogP contribution < -0.4 is 10.5 Å². The van der Waals surface area contributed by atoms with Crippen LogP contribution in [-0.2, 0) is 13.5 Å². The molecule has 1 fully saturated rings. The summed E-state index contributed by atoms with van der Waals surface area (Å²) < 4.78 is 1.59. The highest BCUT2D eigenvalue weighted by molar-refractivity contribution is 6.30. The molecule has 3 atom stereocenters. The predicted octanol–water partition coefficient (Wildman–Crippen LogP) is 5.78. The van der Waals surface area contributed by atoms with Crippen molar-refractivity contribution < 1.29 is 0 Å². The number of aromatic nitrogens is 3. The third-order valence-electron chi connectivity index (χ3n) is 7.54. The minimum absolute atomic E-state index is 0.0635. The topological polar surface area (TPSA) is 58.6 Å². The van der Waals surface area contributed by atoms with Gasteiger partial charge in [-0.05, 0) is 61.7 Å². The second-order valence-electron chi connectivity index (χ2n) is 10.0. The van der Waals surface area contributed by atoms with Crippen molar-refractivity contribution in [2.75, 3.05) is 18.0 Å².